The number of aliphatic carboxylic acids is 1. The molecule has 94 valence electrons. The minimum absolute atomic E-state index is 0.469. The number of halogens is 3. The third-order valence-electron chi connectivity index (χ3n) is 2.05. The SMILES string of the molecule is NC(=O)CC(CCC(F)(F)F)C(N)C(=O)O. The zero-order valence-electron chi connectivity index (χ0n) is 8.33. The van der Waals surface area contributed by atoms with E-state index >= 15 is 0 Å². The van der Waals surface area contributed by atoms with Crippen LogP contribution in [0.5, 0.6) is 0 Å². The molecule has 0 radical (unpaired) electrons. The smallest absolute Gasteiger partial charge is 0.389 e. The van der Waals surface area contributed by atoms with Crippen molar-refractivity contribution in [3.63, 3.8) is 0 Å². The number of alkyl halides is 3. The highest BCUT2D eigenvalue weighted by Gasteiger charge is 2.32. The Hall–Kier alpha value is -1.31. The Morgan fingerprint density at radius 2 is 1.81 bits per heavy atom. The highest BCUT2D eigenvalue weighted by atomic mass is 19.4. The molecule has 0 spiro atoms. The summed E-state index contributed by atoms with van der Waals surface area (Å²) in [5, 5.41) is 8.54. The fourth-order valence-corrected chi connectivity index (χ4v) is 1.22. The average molecular weight is 242 g/mol. The first kappa shape index (κ1) is 14.7. The van der Waals surface area contributed by atoms with Gasteiger partial charge >= 0.3 is 12.1 Å². The number of hydrogen-bond donors (Lipinski definition) is 3. The second kappa shape index (κ2) is 5.69. The maximum Gasteiger partial charge on any atom is 0.389 e. The molecule has 0 heterocycles. The molecule has 8 heteroatoms. The number of primary amides is 1. The van der Waals surface area contributed by atoms with Crippen molar-refractivity contribution >= 4 is 11.9 Å². The monoisotopic (exact) mass is 242 g/mol. The second-order valence-electron chi connectivity index (χ2n) is 3.45. The van der Waals surface area contributed by atoms with Gasteiger partial charge in [0.05, 0.1) is 0 Å². The van der Waals surface area contributed by atoms with Crippen LogP contribution >= 0.6 is 0 Å². The number of hydrogen-bond acceptors (Lipinski definition) is 3. The van der Waals surface area contributed by atoms with E-state index in [1.54, 1.807) is 0 Å². The van der Waals surface area contributed by atoms with Gasteiger partial charge in [-0.25, -0.2) is 0 Å². The van der Waals surface area contributed by atoms with Gasteiger partial charge in [0.15, 0.2) is 0 Å². The molecule has 0 aliphatic heterocycles. The highest BCUT2D eigenvalue weighted by molar-refractivity contribution is 5.77. The van der Waals surface area contributed by atoms with Crippen LogP contribution in [0.1, 0.15) is 19.3 Å². The van der Waals surface area contributed by atoms with E-state index in [1.165, 1.54) is 0 Å². The molecule has 2 unspecified atom stereocenters. The zero-order valence-corrected chi connectivity index (χ0v) is 8.33. The summed E-state index contributed by atoms with van der Waals surface area (Å²) in [4.78, 5) is 21.0. The van der Waals surface area contributed by atoms with Gasteiger partial charge in [0.1, 0.15) is 6.04 Å². The predicted molar refractivity (Wildman–Crippen MR) is 48.2 cm³/mol. The van der Waals surface area contributed by atoms with Crippen LogP contribution in [0.15, 0.2) is 0 Å². The Bertz CT molecular complexity index is 268. The van der Waals surface area contributed by atoms with E-state index in [-0.39, 0.29) is 0 Å². The molecule has 0 rings (SSSR count). The molecular formula is C8H13F3N2O3. The number of rotatable bonds is 6. The van der Waals surface area contributed by atoms with E-state index in [1.807, 2.05) is 0 Å². The molecule has 0 aliphatic carbocycles. The summed E-state index contributed by atoms with van der Waals surface area (Å²) in [6.07, 6.45) is -6.59. The fraction of sp³-hybridized carbons (Fsp3) is 0.750. The van der Waals surface area contributed by atoms with Gasteiger partial charge in [-0.15, -0.1) is 0 Å². The van der Waals surface area contributed by atoms with Crippen molar-refractivity contribution in [1.29, 1.82) is 0 Å². The molecule has 0 aromatic heterocycles. The maximum absolute atomic E-state index is 11.9. The van der Waals surface area contributed by atoms with Crippen LogP contribution in [-0.2, 0) is 9.59 Å². The molecule has 16 heavy (non-hydrogen) atoms. The Labute approximate surface area is 89.6 Å². The predicted octanol–water partition coefficient (Wildman–Crippen LogP) is 0.232. The van der Waals surface area contributed by atoms with Crippen LogP contribution in [0, 0.1) is 5.92 Å². The number of nitrogens with two attached hydrogens (primary N) is 2. The lowest BCUT2D eigenvalue weighted by atomic mass is 9.91. The lowest BCUT2D eigenvalue weighted by molar-refractivity contribution is -0.146. The minimum atomic E-state index is -4.41. The summed E-state index contributed by atoms with van der Waals surface area (Å²) in [7, 11) is 0. The Kier molecular flexibility index (Phi) is 5.22. The largest absolute Gasteiger partial charge is 0.480 e. The maximum atomic E-state index is 11.9. The lowest BCUT2D eigenvalue weighted by Gasteiger charge is -2.19. The molecule has 5 N–H and O–H groups in total. The molecule has 0 aromatic rings. The molecule has 0 saturated heterocycles. The first-order chi connectivity index (χ1) is 7.13. The number of amides is 1. The van der Waals surface area contributed by atoms with Gasteiger partial charge < -0.3 is 16.6 Å². The Balaban J connectivity index is 4.43. The van der Waals surface area contributed by atoms with Crippen molar-refractivity contribution in [2.45, 2.75) is 31.5 Å². The molecular weight excluding hydrogens is 229 g/mol. The van der Waals surface area contributed by atoms with E-state index in [2.05, 4.69) is 0 Å². The minimum Gasteiger partial charge on any atom is -0.480 e. The van der Waals surface area contributed by atoms with E-state index in [9.17, 15) is 22.8 Å². The van der Waals surface area contributed by atoms with Crippen LogP contribution in [0.3, 0.4) is 0 Å². The van der Waals surface area contributed by atoms with Crippen molar-refractivity contribution in [3.05, 3.63) is 0 Å². The van der Waals surface area contributed by atoms with Crippen molar-refractivity contribution in [2.24, 2.45) is 17.4 Å². The molecule has 0 fully saturated rings. The topological polar surface area (TPSA) is 106 Å². The molecule has 0 saturated carbocycles. The van der Waals surface area contributed by atoms with Crippen molar-refractivity contribution < 1.29 is 27.9 Å². The van der Waals surface area contributed by atoms with Gasteiger partial charge in [0, 0.05) is 12.8 Å². The number of carbonyl (C=O) groups excluding carboxylic acids is 1. The zero-order chi connectivity index (χ0) is 12.9. The van der Waals surface area contributed by atoms with Crippen molar-refractivity contribution in [2.75, 3.05) is 0 Å². The fourth-order valence-electron chi connectivity index (χ4n) is 1.22. The van der Waals surface area contributed by atoms with Gasteiger partial charge in [-0.3, -0.25) is 9.59 Å². The summed E-state index contributed by atoms with van der Waals surface area (Å²) in [5.74, 6) is -3.42. The van der Waals surface area contributed by atoms with Gasteiger partial charge in [0.2, 0.25) is 5.91 Å². The van der Waals surface area contributed by atoms with Crippen molar-refractivity contribution in [1.82, 2.24) is 0 Å². The molecule has 1 amide bonds. The van der Waals surface area contributed by atoms with Gasteiger partial charge in [-0.1, -0.05) is 0 Å². The first-order valence-corrected chi connectivity index (χ1v) is 4.47. The third kappa shape index (κ3) is 6.23. The number of carboxylic acid groups (broad SMARTS) is 1. The summed E-state index contributed by atoms with van der Waals surface area (Å²) in [5.41, 5.74) is 9.97. The summed E-state index contributed by atoms with van der Waals surface area (Å²) < 4.78 is 35.7. The van der Waals surface area contributed by atoms with Crippen LogP contribution in [0.2, 0.25) is 0 Å². The van der Waals surface area contributed by atoms with E-state index < -0.39 is 49.3 Å². The summed E-state index contributed by atoms with van der Waals surface area (Å²) >= 11 is 0. The van der Waals surface area contributed by atoms with Gasteiger partial charge in [-0.05, 0) is 12.3 Å². The molecule has 2 atom stereocenters. The van der Waals surface area contributed by atoms with Gasteiger partial charge in [-0.2, -0.15) is 13.2 Å². The quantitative estimate of drug-likeness (QED) is 0.619. The first-order valence-electron chi connectivity index (χ1n) is 4.47. The summed E-state index contributed by atoms with van der Waals surface area (Å²) in [6.45, 7) is 0. The highest BCUT2D eigenvalue weighted by Crippen LogP contribution is 2.26. The molecule has 0 aromatic carbocycles. The summed E-state index contributed by atoms with van der Waals surface area (Å²) in [6, 6.07) is -1.52. The van der Waals surface area contributed by atoms with Gasteiger partial charge in [0.25, 0.3) is 0 Å². The lowest BCUT2D eigenvalue weighted by Crippen LogP contribution is -2.40. The molecule has 5 nitrogen and oxygen atoms in total. The van der Waals surface area contributed by atoms with Crippen LogP contribution in [0.4, 0.5) is 13.2 Å². The second-order valence-corrected chi connectivity index (χ2v) is 3.45. The number of carbonyl (C=O) groups is 2. The van der Waals surface area contributed by atoms with Crippen LogP contribution < -0.4 is 11.5 Å². The Morgan fingerprint density at radius 1 is 1.31 bits per heavy atom. The van der Waals surface area contributed by atoms with Crippen molar-refractivity contribution in [3.8, 4) is 0 Å². The normalized spacial score (nSPS) is 15.5. The van der Waals surface area contributed by atoms with E-state index in [4.69, 9.17) is 16.6 Å². The number of carboxylic acids is 1. The van der Waals surface area contributed by atoms with Crippen LogP contribution in [0.25, 0.3) is 0 Å². The third-order valence-corrected chi connectivity index (χ3v) is 2.05. The van der Waals surface area contributed by atoms with E-state index in [0.717, 1.165) is 0 Å². The standard InChI is InChI=1S/C8H13F3N2O3/c9-8(10,11)2-1-4(3-5(12)14)6(13)7(15)16/h4,6H,1-3,13H2,(H2,12,14)(H,15,16). The van der Waals surface area contributed by atoms with E-state index in [0.29, 0.717) is 0 Å². The average Bonchev–Trinajstić information content (AvgIpc) is 2.08. The molecule has 0 bridgehead atoms. The van der Waals surface area contributed by atoms with Crippen LogP contribution in [-0.4, -0.2) is 29.2 Å². The molecule has 0 aliphatic rings. The Morgan fingerprint density at radius 3 is 2.12 bits per heavy atom.